The van der Waals surface area contributed by atoms with Crippen molar-refractivity contribution in [2.45, 2.75) is 50.9 Å². The van der Waals surface area contributed by atoms with Crippen molar-refractivity contribution in [1.82, 2.24) is 5.32 Å². The summed E-state index contributed by atoms with van der Waals surface area (Å²) in [5.74, 6) is -0.410. The van der Waals surface area contributed by atoms with E-state index in [0.717, 1.165) is 0 Å². The molecule has 18 heavy (non-hydrogen) atoms. The maximum atomic E-state index is 11.5. The summed E-state index contributed by atoms with van der Waals surface area (Å²) in [4.78, 5) is 23.0. The maximum Gasteiger partial charge on any atom is 0.407 e. The molecule has 0 unspecified atom stereocenters. The number of rotatable bonds is 3. The lowest BCUT2D eigenvalue weighted by Gasteiger charge is -2.43. The summed E-state index contributed by atoms with van der Waals surface area (Å²) in [5.41, 5.74) is -1.46. The highest BCUT2D eigenvalue weighted by Gasteiger charge is 2.52. The van der Waals surface area contributed by atoms with E-state index < -0.39 is 23.3 Å². The largest absolute Gasteiger partial charge is 0.467 e. The van der Waals surface area contributed by atoms with E-state index in [9.17, 15) is 9.59 Å². The van der Waals surface area contributed by atoms with Crippen molar-refractivity contribution in [3.05, 3.63) is 0 Å². The standard InChI is InChI=1S/C12H21NO5/c1-11(2,3)18-10(15)13-8-6-12(7-8,17-5)9(14)16-4/h8H,6-7H2,1-5H3,(H,13,15). The van der Waals surface area contributed by atoms with Crippen LogP contribution in [0.3, 0.4) is 0 Å². The second kappa shape index (κ2) is 5.14. The van der Waals surface area contributed by atoms with Gasteiger partial charge in [-0.2, -0.15) is 0 Å². The van der Waals surface area contributed by atoms with Crippen LogP contribution in [0.25, 0.3) is 0 Å². The van der Waals surface area contributed by atoms with Crippen molar-refractivity contribution < 1.29 is 23.8 Å². The van der Waals surface area contributed by atoms with Crippen molar-refractivity contribution in [2.24, 2.45) is 0 Å². The Morgan fingerprint density at radius 1 is 1.22 bits per heavy atom. The minimum atomic E-state index is -0.922. The van der Waals surface area contributed by atoms with Crippen LogP contribution in [0.1, 0.15) is 33.6 Å². The van der Waals surface area contributed by atoms with Gasteiger partial charge in [0.15, 0.2) is 5.60 Å². The minimum Gasteiger partial charge on any atom is -0.467 e. The van der Waals surface area contributed by atoms with Crippen molar-refractivity contribution in [2.75, 3.05) is 14.2 Å². The number of hydrogen-bond donors (Lipinski definition) is 1. The number of alkyl carbamates (subject to hydrolysis) is 1. The van der Waals surface area contributed by atoms with Gasteiger partial charge in [0.05, 0.1) is 7.11 Å². The quantitative estimate of drug-likeness (QED) is 0.772. The predicted octanol–water partition coefficient (Wildman–Crippen LogP) is 1.23. The zero-order chi connectivity index (χ0) is 14.0. The van der Waals surface area contributed by atoms with E-state index in [1.807, 2.05) is 0 Å². The average molecular weight is 259 g/mol. The first-order valence-corrected chi connectivity index (χ1v) is 5.85. The molecule has 0 aromatic heterocycles. The molecule has 1 N–H and O–H groups in total. The van der Waals surface area contributed by atoms with Crippen LogP contribution in [-0.2, 0) is 19.0 Å². The summed E-state index contributed by atoms with van der Waals surface area (Å²) < 4.78 is 15.0. The molecule has 1 aliphatic carbocycles. The smallest absolute Gasteiger partial charge is 0.407 e. The summed E-state index contributed by atoms with van der Waals surface area (Å²) in [6.07, 6.45) is 0.312. The van der Waals surface area contributed by atoms with E-state index in [1.54, 1.807) is 20.8 Å². The van der Waals surface area contributed by atoms with Crippen LogP contribution in [0.4, 0.5) is 4.79 Å². The van der Waals surface area contributed by atoms with Crippen LogP contribution in [0, 0.1) is 0 Å². The van der Waals surface area contributed by atoms with Crippen LogP contribution < -0.4 is 5.32 Å². The number of carbonyl (C=O) groups excluding carboxylic acids is 2. The van der Waals surface area contributed by atoms with Gasteiger partial charge in [0, 0.05) is 26.0 Å². The molecule has 6 nitrogen and oxygen atoms in total. The van der Waals surface area contributed by atoms with E-state index in [1.165, 1.54) is 14.2 Å². The van der Waals surface area contributed by atoms with E-state index in [4.69, 9.17) is 9.47 Å². The number of methoxy groups -OCH3 is 2. The van der Waals surface area contributed by atoms with Gasteiger partial charge in [-0.1, -0.05) is 0 Å². The molecule has 0 spiro atoms. The van der Waals surface area contributed by atoms with Crippen molar-refractivity contribution in [3.63, 3.8) is 0 Å². The van der Waals surface area contributed by atoms with Crippen LogP contribution >= 0.6 is 0 Å². The Kier molecular flexibility index (Phi) is 4.21. The van der Waals surface area contributed by atoms with Crippen molar-refractivity contribution in [3.8, 4) is 0 Å². The van der Waals surface area contributed by atoms with Gasteiger partial charge in [0.25, 0.3) is 0 Å². The van der Waals surface area contributed by atoms with Crippen LogP contribution in [0.15, 0.2) is 0 Å². The lowest BCUT2D eigenvalue weighted by molar-refractivity contribution is -0.180. The summed E-state index contributed by atoms with van der Waals surface area (Å²) in [6, 6.07) is -0.126. The van der Waals surface area contributed by atoms with E-state index in [0.29, 0.717) is 12.8 Å². The Balaban J connectivity index is 2.42. The first-order chi connectivity index (χ1) is 8.22. The number of esters is 1. The molecule has 0 radical (unpaired) electrons. The summed E-state index contributed by atoms with van der Waals surface area (Å²) >= 11 is 0. The van der Waals surface area contributed by atoms with Gasteiger partial charge in [0.2, 0.25) is 0 Å². The highest BCUT2D eigenvalue weighted by atomic mass is 16.6. The molecule has 1 aliphatic rings. The topological polar surface area (TPSA) is 73.9 Å². The number of carbonyl (C=O) groups is 2. The van der Waals surface area contributed by atoms with Gasteiger partial charge >= 0.3 is 12.1 Å². The highest BCUT2D eigenvalue weighted by Crippen LogP contribution is 2.36. The molecular formula is C12H21NO5. The molecule has 1 rings (SSSR count). The van der Waals surface area contributed by atoms with Crippen LogP contribution in [-0.4, -0.2) is 43.5 Å². The monoisotopic (exact) mass is 259 g/mol. The van der Waals surface area contributed by atoms with Gasteiger partial charge in [-0.3, -0.25) is 0 Å². The second-order valence-electron chi connectivity index (χ2n) is 5.44. The summed E-state index contributed by atoms with van der Waals surface area (Å²) in [7, 11) is 2.78. The molecule has 1 saturated carbocycles. The first-order valence-electron chi connectivity index (χ1n) is 5.85. The third-order valence-corrected chi connectivity index (χ3v) is 2.82. The van der Waals surface area contributed by atoms with E-state index >= 15 is 0 Å². The fraction of sp³-hybridized carbons (Fsp3) is 0.833. The lowest BCUT2D eigenvalue weighted by Crippen LogP contribution is -2.60. The molecule has 0 saturated heterocycles. The number of ether oxygens (including phenoxy) is 3. The summed E-state index contributed by atoms with van der Waals surface area (Å²) in [6.45, 7) is 5.38. The van der Waals surface area contributed by atoms with Gasteiger partial charge in [0.1, 0.15) is 5.60 Å². The Morgan fingerprint density at radius 3 is 2.17 bits per heavy atom. The molecule has 6 heteroatoms. The van der Waals surface area contributed by atoms with Crippen molar-refractivity contribution in [1.29, 1.82) is 0 Å². The zero-order valence-corrected chi connectivity index (χ0v) is 11.5. The molecule has 1 amide bonds. The first kappa shape index (κ1) is 14.8. The number of nitrogens with one attached hydrogen (secondary N) is 1. The Hall–Kier alpha value is -1.30. The normalized spacial score (nSPS) is 27.1. The van der Waals surface area contributed by atoms with Gasteiger partial charge in [-0.05, 0) is 20.8 Å². The predicted molar refractivity (Wildman–Crippen MR) is 64.1 cm³/mol. The number of hydrogen-bond acceptors (Lipinski definition) is 5. The fourth-order valence-corrected chi connectivity index (χ4v) is 1.92. The van der Waals surface area contributed by atoms with Crippen LogP contribution in [0.2, 0.25) is 0 Å². The molecule has 0 heterocycles. The average Bonchev–Trinajstić information content (AvgIpc) is 2.19. The zero-order valence-electron chi connectivity index (χ0n) is 11.5. The van der Waals surface area contributed by atoms with E-state index in [-0.39, 0.29) is 6.04 Å². The van der Waals surface area contributed by atoms with E-state index in [2.05, 4.69) is 10.1 Å². The third-order valence-electron chi connectivity index (χ3n) is 2.82. The molecule has 104 valence electrons. The minimum absolute atomic E-state index is 0.126. The maximum absolute atomic E-state index is 11.5. The second-order valence-corrected chi connectivity index (χ2v) is 5.44. The lowest BCUT2D eigenvalue weighted by atomic mass is 9.75. The van der Waals surface area contributed by atoms with Crippen LogP contribution in [0.5, 0.6) is 0 Å². The van der Waals surface area contributed by atoms with Gasteiger partial charge in [-0.25, -0.2) is 9.59 Å². The van der Waals surface area contributed by atoms with Gasteiger partial charge in [-0.15, -0.1) is 0 Å². The third kappa shape index (κ3) is 3.35. The molecule has 0 aliphatic heterocycles. The Bertz CT molecular complexity index is 328. The Morgan fingerprint density at radius 2 is 1.78 bits per heavy atom. The summed E-state index contributed by atoms with van der Waals surface area (Å²) in [5, 5.41) is 2.69. The van der Waals surface area contributed by atoms with Gasteiger partial charge < -0.3 is 19.5 Å². The molecule has 0 bridgehead atoms. The van der Waals surface area contributed by atoms with Crippen molar-refractivity contribution >= 4 is 12.1 Å². The molecule has 1 fully saturated rings. The molecule has 0 aromatic rings. The Labute approximate surface area is 107 Å². The highest BCUT2D eigenvalue weighted by molar-refractivity contribution is 5.81. The number of amides is 1. The fourth-order valence-electron chi connectivity index (χ4n) is 1.92. The molecule has 0 aromatic carbocycles. The molecule has 0 atom stereocenters. The SMILES string of the molecule is COC(=O)C1(OC)CC(NC(=O)OC(C)(C)C)C1. The molecular weight excluding hydrogens is 238 g/mol.